The molecule has 0 aliphatic carbocycles. The first-order chi connectivity index (χ1) is 14.2. The van der Waals surface area contributed by atoms with Gasteiger partial charge < -0.3 is 14.8 Å². The molecule has 29 heavy (non-hydrogen) atoms. The van der Waals surface area contributed by atoms with Crippen molar-refractivity contribution in [3.8, 4) is 11.5 Å². The number of hydrogen-bond donors (Lipinski definition) is 1. The lowest BCUT2D eigenvalue weighted by molar-refractivity contribution is -0.116. The Morgan fingerprint density at radius 1 is 0.931 bits per heavy atom. The molecule has 0 saturated heterocycles. The predicted molar refractivity (Wildman–Crippen MR) is 116 cm³/mol. The molecule has 0 radical (unpaired) electrons. The largest absolute Gasteiger partial charge is 0.493 e. The van der Waals surface area contributed by atoms with Crippen molar-refractivity contribution in [3.63, 3.8) is 0 Å². The van der Waals surface area contributed by atoms with Crippen LogP contribution in [0, 0.1) is 0 Å². The van der Waals surface area contributed by atoms with E-state index in [0.29, 0.717) is 18.1 Å². The summed E-state index contributed by atoms with van der Waals surface area (Å²) in [4.78, 5) is 12.6. The van der Waals surface area contributed by atoms with Crippen molar-refractivity contribution in [1.82, 2.24) is 5.32 Å². The monoisotopic (exact) mass is 387 g/mol. The first kappa shape index (κ1) is 20.2. The summed E-state index contributed by atoms with van der Waals surface area (Å²) in [7, 11) is 1.60. The van der Waals surface area contributed by atoms with Crippen LogP contribution in [0.3, 0.4) is 0 Å². The van der Waals surface area contributed by atoms with E-state index in [-0.39, 0.29) is 11.9 Å². The first-order valence-corrected chi connectivity index (χ1v) is 9.60. The Labute approximate surface area is 171 Å². The van der Waals surface area contributed by atoms with Gasteiger partial charge in [-0.25, -0.2) is 0 Å². The zero-order chi connectivity index (χ0) is 20.5. The molecule has 1 amide bonds. The summed E-state index contributed by atoms with van der Waals surface area (Å²) in [5.74, 6) is 1.15. The Morgan fingerprint density at radius 3 is 2.10 bits per heavy atom. The van der Waals surface area contributed by atoms with Gasteiger partial charge in [0.25, 0.3) is 0 Å². The standard InChI is InChI=1S/C25H25NO3/c1-3-29-22-16-14-19(18-23(22)28-2)15-17-24(27)26-25(20-10-6-4-7-11-20)21-12-8-5-9-13-21/h4-18,25H,3H2,1-2H3,(H,26,27)/b17-15+. The summed E-state index contributed by atoms with van der Waals surface area (Å²) >= 11 is 0. The third-order valence-electron chi connectivity index (χ3n) is 4.47. The maximum atomic E-state index is 12.6. The molecule has 0 aromatic heterocycles. The Morgan fingerprint density at radius 2 is 1.55 bits per heavy atom. The minimum Gasteiger partial charge on any atom is -0.493 e. The van der Waals surface area contributed by atoms with Crippen molar-refractivity contribution in [2.75, 3.05) is 13.7 Å². The van der Waals surface area contributed by atoms with Crippen molar-refractivity contribution in [1.29, 1.82) is 0 Å². The third kappa shape index (κ3) is 5.48. The fraction of sp³-hybridized carbons (Fsp3) is 0.160. The van der Waals surface area contributed by atoms with Gasteiger partial charge >= 0.3 is 0 Å². The molecule has 4 heteroatoms. The molecule has 1 N–H and O–H groups in total. The second-order valence-corrected chi connectivity index (χ2v) is 6.44. The first-order valence-electron chi connectivity index (χ1n) is 9.60. The Balaban J connectivity index is 1.77. The summed E-state index contributed by atoms with van der Waals surface area (Å²) in [6.07, 6.45) is 3.30. The predicted octanol–water partition coefficient (Wildman–Crippen LogP) is 5.01. The Bertz CT molecular complexity index is 913. The fourth-order valence-corrected chi connectivity index (χ4v) is 3.07. The number of ether oxygens (including phenoxy) is 2. The van der Waals surface area contributed by atoms with E-state index < -0.39 is 0 Å². The van der Waals surface area contributed by atoms with Crippen molar-refractivity contribution >= 4 is 12.0 Å². The van der Waals surface area contributed by atoms with Crippen LogP contribution in [0.4, 0.5) is 0 Å². The van der Waals surface area contributed by atoms with E-state index in [9.17, 15) is 4.79 Å². The molecule has 0 unspecified atom stereocenters. The van der Waals surface area contributed by atoms with Gasteiger partial charge in [0.15, 0.2) is 11.5 Å². The van der Waals surface area contributed by atoms with Crippen molar-refractivity contribution in [2.45, 2.75) is 13.0 Å². The molecule has 0 saturated carbocycles. The average molecular weight is 387 g/mol. The topological polar surface area (TPSA) is 47.6 Å². The molecule has 4 nitrogen and oxygen atoms in total. The highest BCUT2D eigenvalue weighted by Gasteiger charge is 2.15. The molecule has 0 heterocycles. The Hall–Kier alpha value is -3.53. The summed E-state index contributed by atoms with van der Waals surface area (Å²) in [5, 5.41) is 3.10. The molecule has 0 atom stereocenters. The van der Waals surface area contributed by atoms with Crippen LogP contribution in [-0.2, 0) is 4.79 Å². The van der Waals surface area contributed by atoms with E-state index in [1.807, 2.05) is 85.8 Å². The maximum Gasteiger partial charge on any atom is 0.244 e. The molecule has 3 aromatic rings. The van der Waals surface area contributed by atoms with Crippen LogP contribution in [0.15, 0.2) is 84.9 Å². The van der Waals surface area contributed by atoms with Crippen LogP contribution < -0.4 is 14.8 Å². The van der Waals surface area contributed by atoms with E-state index >= 15 is 0 Å². The highest BCUT2D eigenvalue weighted by atomic mass is 16.5. The molecule has 0 bridgehead atoms. The molecule has 0 fully saturated rings. The highest BCUT2D eigenvalue weighted by Crippen LogP contribution is 2.28. The molecule has 3 rings (SSSR count). The van der Waals surface area contributed by atoms with Crippen LogP contribution in [0.5, 0.6) is 11.5 Å². The number of carbonyl (C=O) groups excluding carboxylic acids is 1. The van der Waals surface area contributed by atoms with Gasteiger partial charge in [0.05, 0.1) is 19.8 Å². The second-order valence-electron chi connectivity index (χ2n) is 6.44. The number of nitrogens with one attached hydrogen (secondary N) is 1. The number of amides is 1. The van der Waals surface area contributed by atoms with Gasteiger partial charge in [-0.05, 0) is 41.8 Å². The van der Waals surface area contributed by atoms with E-state index in [0.717, 1.165) is 16.7 Å². The summed E-state index contributed by atoms with van der Waals surface area (Å²) in [6.45, 7) is 2.49. The number of carbonyl (C=O) groups is 1. The molecule has 0 aliphatic rings. The molecule has 0 aliphatic heterocycles. The Kier molecular flexibility index (Phi) is 7.06. The van der Waals surface area contributed by atoms with E-state index in [1.54, 1.807) is 13.2 Å². The van der Waals surface area contributed by atoms with Gasteiger partial charge in [0.2, 0.25) is 5.91 Å². The lowest BCUT2D eigenvalue weighted by Gasteiger charge is -2.19. The summed E-state index contributed by atoms with van der Waals surface area (Å²) < 4.78 is 10.9. The van der Waals surface area contributed by atoms with Crippen molar-refractivity contribution in [3.05, 3.63) is 102 Å². The lowest BCUT2D eigenvalue weighted by atomic mass is 9.98. The molecular formula is C25H25NO3. The third-order valence-corrected chi connectivity index (χ3v) is 4.47. The van der Waals surface area contributed by atoms with Gasteiger partial charge in [-0.2, -0.15) is 0 Å². The lowest BCUT2D eigenvalue weighted by Crippen LogP contribution is -2.27. The highest BCUT2D eigenvalue weighted by molar-refractivity contribution is 5.92. The normalized spacial score (nSPS) is 10.9. The van der Waals surface area contributed by atoms with Crippen LogP contribution in [-0.4, -0.2) is 19.6 Å². The minimum absolute atomic E-state index is 0.171. The molecule has 0 spiro atoms. The van der Waals surface area contributed by atoms with Crippen LogP contribution >= 0.6 is 0 Å². The maximum absolute atomic E-state index is 12.6. The van der Waals surface area contributed by atoms with Crippen LogP contribution in [0.2, 0.25) is 0 Å². The van der Waals surface area contributed by atoms with Crippen LogP contribution in [0.25, 0.3) is 6.08 Å². The molecular weight excluding hydrogens is 362 g/mol. The van der Waals surface area contributed by atoms with Crippen molar-refractivity contribution < 1.29 is 14.3 Å². The average Bonchev–Trinajstić information content (AvgIpc) is 2.78. The summed E-state index contributed by atoms with van der Waals surface area (Å²) in [6, 6.07) is 25.2. The van der Waals surface area contributed by atoms with E-state index in [4.69, 9.17) is 9.47 Å². The SMILES string of the molecule is CCOc1ccc(/C=C/C(=O)NC(c2ccccc2)c2ccccc2)cc1OC. The van der Waals surface area contributed by atoms with Gasteiger partial charge in [-0.1, -0.05) is 66.7 Å². The van der Waals surface area contributed by atoms with E-state index in [1.165, 1.54) is 6.08 Å². The van der Waals surface area contributed by atoms with Gasteiger partial charge in [-0.3, -0.25) is 4.79 Å². The van der Waals surface area contributed by atoms with Gasteiger partial charge in [-0.15, -0.1) is 0 Å². The smallest absolute Gasteiger partial charge is 0.244 e. The zero-order valence-electron chi connectivity index (χ0n) is 16.7. The molecule has 3 aromatic carbocycles. The van der Waals surface area contributed by atoms with Gasteiger partial charge in [0.1, 0.15) is 0 Å². The zero-order valence-corrected chi connectivity index (χ0v) is 16.7. The number of rotatable bonds is 8. The van der Waals surface area contributed by atoms with Crippen molar-refractivity contribution in [2.24, 2.45) is 0 Å². The van der Waals surface area contributed by atoms with Crippen LogP contribution in [0.1, 0.15) is 29.7 Å². The van der Waals surface area contributed by atoms with E-state index in [2.05, 4.69) is 5.32 Å². The summed E-state index contributed by atoms with van der Waals surface area (Å²) in [5.41, 5.74) is 2.92. The number of methoxy groups -OCH3 is 1. The molecule has 148 valence electrons. The number of benzene rings is 3. The fourth-order valence-electron chi connectivity index (χ4n) is 3.07. The second kappa shape index (κ2) is 10.1. The number of hydrogen-bond acceptors (Lipinski definition) is 3. The van der Waals surface area contributed by atoms with Gasteiger partial charge in [0, 0.05) is 6.08 Å². The minimum atomic E-state index is -0.218. The quantitative estimate of drug-likeness (QED) is 0.553.